The molecule has 34 heavy (non-hydrogen) atoms. The summed E-state index contributed by atoms with van der Waals surface area (Å²) in [6.07, 6.45) is 0.983. The molecule has 3 aromatic rings. The summed E-state index contributed by atoms with van der Waals surface area (Å²) < 4.78 is 18.9. The van der Waals surface area contributed by atoms with Crippen LogP contribution in [0.3, 0.4) is 0 Å². The van der Waals surface area contributed by atoms with Crippen LogP contribution < -0.4 is 19.5 Å². The molecule has 0 radical (unpaired) electrons. The minimum Gasteiger partial charge on any atom is -0.493 e. The highest BCUT2D eigenvalue weighted by Crippen LogP contribution is 2.25. The second kappa shape index (κ2) is 13.5. The summed E-state index contributed by atoms with van der Waals surface area (Å²) in [5.41, 5.74) is 0. The number of carbonyl (C=O) groups is 1. The second-order valence-corrected chi connectivity index (χ2v) is 8.92. The van der Waals surface area contributed by atoms with Crippen LogP contribution in [0.15, 0.2) is 59.8 Å². The minimum absolute atomic E-state index is 0.0888. The lowest BCUT2D eigenvalue weighted by Gasteiger charge is -2.13. The van der Waals surface area contributed by atoms with Gasteiger partial charge in [0.2, 0.25) is 5.91 Å². The van der Waals surface area contributed by atoms with Crippen molar-refractivity contribution in [3.8, 4) is 17.2 Å². The van der Waals surface area contributed by atoms with Gasteiger partial charge < -0.3 is 24.1 Å². The molecule has 2 aromatic carbocycles. The van der Waals surface area contributed by atoms with E-state index in [-0.39, 0.29) is 11.7 Å². The third-order valence-electron chi connectivity index (χ3n) is 4.92. The summed E-state index contributed by atoms with van der Waals surface area (Å²) in [6, 6.07) is 17.0. The van der Waals surface area contributed by atoms with Crippen LogP contribution in [-0.4, -0.2) is 46.7 Å². The van der Waals surface area contributed by atoms with Crippen molar-refractivity contribution in [2.24, 2.45) is 5.92 Å². The van der Waals surface area contributed by atoms with Crippen LogP contribution in [0, 0.1) is 5.92 Å². The Balaban J connectivity index is 1.49. The largest absolute Gasteiger partial charge is 0.493 e. The number of nitrogens with zero attached hydrogens (tertiary/aromatic N) is 3. The lowest BCUT2D eigenvalue weighted by Crippen LogP contribution is -2.29. The third-order valence-corrected chi connectivity index (χ3v) is 5.88. The number of carbonyl (C=O) groups excluding carboxylic acids is 1. The highest BCUT2D eigenvalue weighted by atomic mass is 32.2. The number of thioether (sulfide) groups is 1. The molecule has 9 heteroatoms. The fourth-order valence-corrected chi connectivity index (χ4v) is 3.89. The monoisotopic (exact) mass is 484 g/mol. The molecule has 0 aliphatic heterocycles. The van der Waals surface area contributed by atoms with E-state index in [1.165, 1.54) is 11.8 Å². The molecule has 0 atom stereocenters. The third kappa shape index (κ3) is 7.98. The van der Waals surface area contributed by atoms with E-state index in [1.807, 2.05) is 59.2 Å². The normalized spacial score (nSPS) is 10.8. The highest BCUT2D eigenvalue weighted by molar-refractivity contribution is 7.99. The molecule has 0 bridgehead atoms. The van der Waals surface area contributed by atoms with Crippen LogP contribution in [-0.2, 0) is 17.9 Å². The van der Waals surface area contributed by atoms with Crippen molar-refractivity contribution in [3.63, 3.8) is 0 Å². The number of ether oxygens (including phenoxy) is 3. The summed E-state index contributed by atoms with van der Waals surface area (Å²) in [7, 11) is 1.60. The first kappa shape index (κ1) is 25.4. The van der Waals surface area contributed by atoms with Crippen LogP contribution in [0.5, 0.6) is 17.2 Å². The van der Waals surface area contributed by atoms with E-state index in [0.717, 1.165) is 24.5 Å². The molecule has 1 N–H and O–H groups in total. The fraction of sp³-hybridized carbons (Fsp3) is 0.400. The number of nitrogens with one attached hydrogen (secondary N) is 1. The van der Waals surface area contributed by atoms with Crippen molar-refractivity contribution in [1.29, 1.82) is 0 Å². The van der Waals surface area contributed by atoms with E-state index in [1.54, 1.807) is 7.11 Å². The number of methoxy groups -OCH3 is 1. The Kier molecular flexibility index (Phi) is 10.1. The Hall–Kier alpha value is -3.20. The Morgan fingerprint density at radius 2 is 1.76 bits per heavy atom. The van der Waals surface area contributed by atoms with Gasteiger partial charge in [0.05, 0.1) is 19.4 Å². The number of benzene rings is 2. The fourth-order valence-electron chi connectivity index (χ4n) is 3.08. The van der Waals surface area contributed by atoms with E-state index < -0.39 is 0 Å². The molecule has 1 aromatic heterocycles. The van der Waals surface area contributed by atoms with E-state index in [2.05, 4.69) is 29.4 Å². The molecule has 0 aliphatic rings. The number of rotatable bonds is 14. The molecular formula is C25H32N4O4S. The predicted molar refractivity (Wildman–Crippen MR) is 132 cm³/mol. The first-order chi connectivity index (χ1) is 16.6. The highest BCUT2D eigenvalue weighted by Gasteiger charge is 2.15. The topological polar surface area (TPSA) is 87.5 Å². The van der Waals surface area contributed by atoms with Crippen molar-refractivity contribution in [2.45, 2.75) is 38.6 Å². The lowest BCUT2D eigenvalue weighted by atomic mass is 10.1. The van der Waals surface area contributed by atoms with Gasteiger partial charge in [-0.3, -0.25) is 4.79 Å². The van der Waals surface area contributed by atoms with Gasteiger partial charge >= 0.3 is 0 Å². The first-order valence-corrected chi connectivity index (χ1v) is 12.3. The van der Waals surface area contributed by atoms with Gasteiger partial charge in [0, 0.05) is 6.54 Å². The Morgan fingerprint density at radius 3 is 2.50 bits per heavy atom. The average Bonchev–Trinajstić information content (AvgIpc) is 3.25. The molecule has 1 heterocycles. The average molecular weight is 485 g/mol. The quantitative estimate of drug-likeness (QED) is 0.271. The number of hydrogen-bond donors (Lipinski definition) is 1. The maximum atomic E-state index is 12.4. The number of amides is 1. The summed E-state index contributed by atoms with van der Waals surface area (Å²) in [5, 5.41) is 12.2. The molecule has 0 spiro atoms. The van der Waals surface area contributed by atoms with Crippen molar-refractivity contribution in [3.05, 3.63) is 60.4 Å². The van der Waals surface area contributed by atoms with Gasteiger partial charge in [-0.05, 0) is 36.6 Å². The smallest absolute Gasteiger partial charge is 0.230 e. The van der Waals surface area contributed by atoms with Crippen molar-refractivity contribution < 1.29 is 19.0 Å². The minimum atomic E-state index is -0.0888. The summed E-state index contributed by atoms with van der Waals surface area (Å²) in [5.74, 6) is 3.54. The van der Waals surface area contributed by atoms with Gasteiger partial charge in [-0.1, -0.05) is 55.9 Å². The Labute approximate surface area is 205 Å². The van der Waals surface area contributed by atoms with Crippen LogP contribution in [0.2, 0.25) is 0 Å². The molecule has 0 fully saturated rings. The summed E-state index contributed by atoms with van der Waals surface area (Å²) >= 11 is 1.37. The lowest BCUT2D eigenvalue weighted by molar-refractivity contribution is -0.118. The number of hydrogen-bond acceptors (Lipinski definition) is 7. The van der Waals surface area contributed by atoms with Gasteiger partial charge in [-0.15, -0.1) is 10.2 Å². The Morgan fingerprint density at radius 1 is 1.03 bits per heavy atom. The van der Waals surface area contributed by atoms with Crippen molar-refractivity contribution >= 4 is 17.7 Å². The van der Waals surface area contributed by atoms with Crippen LogP contribution in [0.1, 0.15) is 26.1 Å². The van der Waals surface area contributed by atoms with E-state index in [0.29, 0.717) is 42.3 Å². The van der Waals surface area contributed by atoms with E-state index >= 15 is 0 Å². The molecule has 182 valence electrons. The number of para-hydroxylation sites is 3. The van der Waals surface area contributed by atoms with E-state index in [9.17, 15) is 4.79 Å². The standard InChI is InChI=1S/C25H32N4O4S/c1-19(2)13-15-29-23(17-33-20-9-5-4-6-10-20)27-28-25(29)34-18-24(30)26-14-16-32-22-12-8-7-11-21(22)31-3/h4-12,19H,13-18H2,1-3H3,(H,26,30). The summed E-state index contributed by atoms with van der Waals surface area (Å²) in [6.45, 7) is 6.20. The molecular weight excluding hydrogens is 452 g/mol. The van der Waals surface area contributed by atoms with Gasteiger partial charge in [0.25, 0.3) is 0 Å². The van der Waals surface area contributed by atoms with Crippen LogP contribution >= 0.6 is 11.8 Å². The van der Waals surface area contributed by atoms with Crippen molar-refractivity contribution in [1.82, 2.24) is 20.1 Å². The van der Waals surface area contributed by atoms with Crippen LogP contribution in [0.25, 0.3) is 0 Å². The SMILES string of the molecule is COc1ccccc1OCCNC(=O)CSc1nnc(COc2ccccc2)n1CCC(C)C. The molecule has 0 saturated carbocycles. The van der Waals surface area contributed by atoms with Gasteiger partial charge in [-0.25, -0.2) is 0 Å². The Bertz CT molecular complexity index is 1030. The predicted octanol–water partition coefficient (Wildman–Crippen LogP) is 4.20. The second-order valence-electron chi connectivity index (χ2n) is 7.97. The molecule has 3 rings (SSSR count). The molecule has 0 unspecified atom stereocenters. The molecule has 8 nitrogen and oxygen atoms in total. The zero-order valence-electron chi connectivity index (χ0n) is 19.9. The van der Waals surface area contributed by atoms with Crippen molar-refractivity contribution in [2.75, 3.05) is 26.0 Å². The molecule has 0 saturated heterocycles. The first-order valence-electron chi connectivity index (χ1n) is 11.3. The zero-order valence-corrected chi connectivity index (χ0v) is 20.7. The maximum Gasteiger partial charge on any atom is 0.230 e. The number of aromatic nitrogens is 3. The van der Waals surface area contributed by atoms with Gasteiger partial charge in [-0.2, -0.15) is 0 Å². The van der Waals surface area contributed by atoms with Gasteiger partial charge in [0.15, 0.2) is 22.5 Å². The van der Waals surface area contributed by atoms with Gasteiger partial charge in [0.1, 0.15) is 19.0 Å². The summed E-state index contributed by atoms with van der Waals surface area (Å²) in [4.78, 5) is 12.4. The maximum absolute atomic E-state index is 12.4. The molecule has 1 amide bonds. The molecule has 0 aliphatic carbocycles. The van der Waals surface area contributed by atoms with E-state index in [4.69, 9.17) is 14.2 Å². The zero-order chi connectivity index (χ0) is 24.2. The van der Waals surface area contributed by atoms with Crippen LogP contribution in [0.4, 0.5) is 0 Å².